The zero-order valence-corrected chi connectivity index (χ0v) is 24.3. The Labute approximate surface area is 236 Å². The molecule has 196 valence electrons. The van der Waals surface area contributed by atoms with Crippen LogP contribution < -0.4 is 10.2 Å². The van der Waals surface area contributed by atoms with Crippen molar-refractivity contribution in [2.24, 2.45) is 0 Å². The number of rotatable bonds is 3. The number of hydrogen-bond acceptors (Lipinski definition) is 2. The summed E-state index contributed by atoms with van der Waals surface area (Å²) in [6.07, 6.45) is 0.513. The Morgan fingerprint density at radius 2 is 1.12 bits per heavy atom. The molecule has 6 aromatic rings. The lowest BCUT2D eigenvalue weighted by atomic mass is 9.83. The molecule has 3 heteroatoms. The highest BCUT2D eigenvalue weighted by Crippen LogP contribution is 2.56. The molecule has 1 aliphatic rings. The SMILES string of the molecule is Cc1cc(C)c(-c2c3ccccc3c(-c3cccc4c3P(C)(=O)CN4c3ccccc3)c3ccccc23)c(C)c1. The number of hydrogen-bond donors (Lipinski definition) is 0. The molecular formula is C37H32NOP. The van der Waals surface area contributed by atoms with Gasteiger partial charge in [-0.3, -0.25) is 0 Å². The van der Waals surface area contributed by atoms with Gasteiger partial charge in [0.05, 0.1) is 12.0 Å². The van der Waals surface area contributed by atoms with E-state index in [1.54, 1.807) is 0 Å². The van der Waals surface area contributed by atoms with Crippen LogP contribution in [0.1, 0.15) is 16.7 Å². The van der Waals surface area contributed by atoms with Crippen LogP contribution in [0.4, 0.5) is 11.4 Å². The molecule has 0 aromatic heterocycles. The van der Waals surface area contributed by atoms with E-state index in [1.165, 1.54) is 54.9 Å². The molecule has 40 heavy (non-hydrogen) atoms. The molecule has 0 fully saturated rings. The Balaban J connectivity index is 1.60. The first-order valence-corrected chi connectivity index (χ1v) is 16.2. The summed E-state index contributed by atoms with van der Waals surface area (Å²) in [5.41, 5.74) is 10.8. The molecule has 6 aromatic carbocycles. The van der Waals surface area contributed by atoms with Crippen LogP contribution in [0.5, 0.6) is 0 Å². The highest BCUT2D eigenvalue weighted by molar-refractivity contribution is 7.72. The van der Waals surface area contributed by atoms with Crippen molar-refractivity contribution in [2.75, 3.05) is 17.9 Å². The third-order valence-corrected chi connectivity index (χ3v) is 10.6. The van der Waals surface area contributed by atoms with E-state index in [1.807, 2.05) is 24.9 Å². The molecule has 0 aliphatic carbocycles. The molecule has 1 unspecified atom stereocenters. The van der Waals surface area contributed by atoms with Gasteiger partial charge in [-0.1, -0.05) is 96.6 Å². The molecule has 0 saturated carbocycles. The second-order valence-electron chi connectivity index (χ2n) is 11.3. The van der Waals surface area contributed by atoms with Crippen LogP contribution in [0.15, 0.2) is 109 Å². The van der Waals surface area contributed by atoms with E-state index in [9.17, 15) is 4.57 Å². The zero-order chi connectivity index (χ0) is 27.6. The summed E-state index contributed by atoms with van der Waals surface area (Å²) < 4.78 is 14.5. The van der Waals surface area contributed by atoms with E-state index in [0.29, 0.717) is 6.29 Å². The topological polar surface area (TPSA) is 20.3 Å². The van der Waals surface area contributed by atoms with Crippen LogP contribution in [0.3, 0.4) is 0 Å². The van der Waals surface area contributed by atoms with Crippen molar-refractivity contribution in [2.45, 2.75) is 20.8 Å². The van der Waals surface area contributed by atoms with Gasteiger partial charge in [-0.25, -0.2) is 0 Å². The Hall–Kier alpha value is -4.13. The summed E-state index contributed by atoms with van der Waals surface area (Å²) in [7, 11) is -2.68. The number of nitrogens with zero attached hydrogens (tertiary/aromatic N) is 1. The first-order valence-electron chi connectivity index (χ1n) is 13.9. The quantitative estimate of drug-likeness (QED) is 0.165. The van der Waals surface area contributed by atoms with E-state index in [4.69, 9.17) is 0 Å². The van der Waals surface area contributed by atoms with Gasteiger partial charge in [0, 0.05) is 11.0 Å². The average molecular weight is 538 g/mol. The van der Waals surface area contributed by atoms with E-state index in [0.717, 1.165) is 22.2 Å². The van der Waals surface area contributed by atoms with Crippen molar-refractivity contribution >= 4 is 45.4 Å². The summed E-state index contributed by atoms with van der Waals surface area (Å²) >= 11 is 0. The Morgan fingerprint density at radius 3 is 1.70 bits per heavy atom. The highest BCUT2D eigenvalue weighted by atomic mass is 31.2. The average Bonchev–Trinajstić information content (AvgIpc) is 3.23. The van der Waals surface area contributed by atoms with Gasteiger partial charge in [0.25, 0.3) is 0 Å². The maximum absolute atomic E-state index is 14.5. The second kappa shape index (κ2) is 9.22. The minimum absolute atomic E-state index is 0.513. The lowest BCUT2D eigenvalue weighted by Gasteiger charge is -2.22. The van der Waals surface area contributed by atoms with E-state index < -0.39 is 7.14 Å². The van der Waals surface area contributed by atoms with Gasteiger partial charge in [-0.2, -0.15) is 0 Å². The number of aryl methyl sites for hydroxylation is 3. The lowest BCUT2D eigenvalue weighted by molar-refractivity contribution is 0.586. The molecule has 1 atom stereocenters. The van der Waals surface area contributed by atoms with E-state index in [2.05, 4.69) is 117 Å². The fraction of sp³-hybridized carbons (Fsp3) is 0.135. The molecule has 1 aliphatic heterocycles. The minimum Gasteiger partial charge on any atom is -0.333 e. The third-order valence-electron chi connectivity index (χ3n) is 8.39. The van der Waals surface area contributed by atoms with Crippen molar-refractivity contribution < 1.29 is 4.57 Å². The molecular weight excluding hydrogens is 505 g/mol. The Bertz CT molecular complexity index is 1930. The maximum atomic E-state index is 14.5. The monoisotopic (exact) mass is 537 g/mol. The molecule has 0 radical (unpaired) electrons. The van der Waals surface area contributed by atoms with Crippen molar-refractivity contribution in [1.82, 2.24) is 0 Å². The van der Waals surface area contributed by atoms with Gasteiger partial charge in [0.15, 0.2) is 0 Å². The summed E-state index contributed by atoms with van der Waals surface area (Å²) in [4.78, 5) is 2.23. The summed E-state index contributed by atoms with van der Waals surface area (Å²) in [5, 5.41) is 5.84. The molecule has 2 nitrogen and oxygen atoms in total. The fourth-order valence-corrected chi connectivity index (χ4v) is 9.33. The largest absolute Gasteiger partial charge is 0.333 e. The van der Waals surface area contributed by atoms with Gasteiger partial charge in [-0.15, -0.1) is 0 Å². The van der Waals surface area contributed by atoms with Gasteiger partial charge < -0.3 is 9.46 Å². The molecule has 0 spiro atoms. The van der Waals surface area contributed by atoms with E-state index >= 15 is 0 Å². The minimum atomic E-state index is -2.68. The zero-order valence-electron chi connectivity index (χ0n) is 23.4. The van der Waals surface area contributed by atoms with Crippen LogP contribution in [0, 0.1) is 20.8 Å². The second-order valence-corrected chi connectivity index (χ2v) is 14.2. The summed E-state index contributed by atoms with van der Waals surface area (Å²) in [5.74, 6) is 0. The van der Waals surface area contributed by atoms with Gasteiger partial charge in [0.2, 0.25) is 0 Å². The van der Waals surface area contributed by atoms with Crippen LogP contribution >= 0.6 is 7.14 Å². The molecule has 0 N–H and O–H groups in total. The van der Waals surface area contributed by atoms with Crippen molar-refractivity contribution in [3.8, 4) is 22.3 Å². The van der Waals surface area contributed by atoms with Crippen LogP contribution in [0.2, 0.25) is 0 Å². The Morgan fingerprint density at radius 1 is 0.600 bits per heavy atom. The summed E-state index contributed by atoms with van der Waals surface area (Å²) in [6.45, 7) is 8.57. The fourth-order valence-electron chi connectivity index (χ4n) is 6.96. The third kappa shape index (κ3) is 3.74. The lowest BCUT2D eigenvalue weighted by Crippen LogP contribution is -2.13. The molecule has 0 amide bonds. The van der Waals surface area contributed by atoms with Crippen LogP contribution in [-0.4, -0.2) is 13.0 Å². The molecule has 1 heterocycles. The summed E-state index contributed by atoms with van der Waals surface area (Å²) in [6, 6.07) is 38.9. The van der Waals surface area contributed by atoms with Gasteiger partial charge in [-0.05, 0) is 101 Å². The molecule has 0 bridgehead atoms. The van der Waals surface area contributed by atoms with Crippen molar-refractivity contribution in [3.63, 3.8) is 0 Å². The number of fused-ring (bicyclic) bond motifs is 3. The van der Waals surface area contributed by atoms with Crippen LogP contribution in [0.25, 0.3) is 43.8 Å². The normalized spacial score (nSPS) is 16.6. The number of benzene rings is 6. The van der Waals surface area contributed by atoms with Crippen molar-refractivity contribution in [1.29, 1.82) is 0 Å². The van der Waals surface area contributed by atoms with Crippen molar-refractivity contribution in [3.05, 3.63) is 126 Å². The maximum Gasteiger partial charge on any atom is 0.134 e. The van der Waals surface area contributed by atoms with Gasteiger partial charge >= 0.3 is 0 Å². The van der Waals surface area contributed by atoms with Crippen LogP contribution in [-0.2, 0) is 4.57 Å². The standard InChI is InChI=1S/C37H32NOP/c1-24-21-25(2)34(26(3)22-24)36-30-17-10-8-15-28(30)35(29-16-9-11-18-31(29)36)32-19-12-20-33-37(32)40(4,39)23-38(33)27-13-6-5-7-14-27/h5-22H,23H2,1-4H3. The molecule has 7 rings (SSSR count). The predicted molar refractivity (Wildman–Crippen MR) is 173 cm³/mol. The number of para-hydroxylation sites is 1. The number of anilines is 2. The van der Waals surface area contributed by atoms with E-state index in [-0.39, 0.29) is 0 Å². The van der Waals surface area contributed by atoms with Gasteiger partial charge in [0.1, 0.15) is 7.14 Å². The molecule has 0 saturated heterocycles. The highest BCUT2D eigenvalue weighted by Gasteiger charge is 2.38. The first-order chi connectivity index (χ1) is 19.3. The Kier molecular flexibility index (Phi) is 5.73. The first kappa shape index (κ1) is 24.9. The predicted octanol–water partition coefficient (Wildman–Crippen LogP) is 9.98. The smallest absolute Gasteiger partial charge is 0.134 e.